The van der Waals surface area contributed by atoms with Crippen molar-refractivity contribution in [1.29, 1.82) is 0 Å². The summed E-state index contributed by atoms with van der Waals surface area (Å²) in [6.07, 6.45) is -0.875. The Hall–Kier alpha value is -1.13. The first-order valence-corrected chi connectivity index (χ1v) is 4.32. The highest BCUT2D eigenvalue weighted by molar-refractivity contribution is 5.31. The molecule has 0 heterocycles. The van der Waals surface area contributed by atoms with Gasteiger partial charge in [0.1, 0.15) is 11.6 Å². The lowest BCUT2D eigenvalue weighted by molar-refractivity contribution is 0.152. The summed E-state index contributed by atoms with van der Waals surface area (Å²) in [4.78, 5) is 0. The Kier molecular flexibility index (Phi) is 3.43. The van der Waals surface area contributed by atoms with Crippen molar-refractivity contribution in [2.75, 3.05) is 7.11 Å². The van der Waals surface area contributed by atoms with Gasteiger partial charge >= 0.3 is 0 Å². The van der Waals surface area contributed by atoms with E-state index in [-0.39, 0.29) is 0 Å². The number of ether oxygens (including phenoxy) is 1. The van der Waals surface area contributed by atoms with Crippen molar-refractivity contribution in [3.8, 4) is 5.75 Å². The predicted octanol–water partition coefficient (Wildman–Crippen LogP) is 1.21. The fourth-order valence-corrected chi connectivity index (χ4v) is 1.18. The molecule has 0 amide bonds. The average molecular weight is 199 g/mol. The standard InChI is InChI=1S/C10H14FNO2/c1-6(12)10(13)7-3-8(11)5-9(4-7)14-2/h3-6,10,13H,12H2,1-2H3/t6-,10-/m1/s1. The molecule has 3 N–H and O–H groups in total. The minimum absolute atomic E-state index is 0.375. The summed E-state index contributed by atoms with van der Waals surface area (Å²) in [6, 6.07) is 3.62. The van der Waals surface area contributed by atoms with Crippen molar-refractivity contribution in [2.24, 2.45) is 5.73 Å². The van der Waals surface area contributed by atoms with Gasteiger partial charge in [-0.25, -0.2) is 4.39 Å². The van der Waals surface area contributed by atoms with E-state index in [1.165, 1.54) is 19.2 Å². The van der Waals surface area contributed by atoms with Gasteiger partial charge in [0.15, 0.2) is 0 Å². The molecule has 2 atom stereocenters. The first kappa shape index (κ1) is 10.9. The molecular formula is C10H14FNO2. The van der Waals surface area contributed by atoms with E-state index < -0.39 is 18.0 Å². The molecule has 0 saturated heterocycles. The molecule has 14 heavy (non-hydrogen) atoms. The number of rotatable bonds is 3. The van der Waals surface area contributed by atoms with Crippen molar-refractivity contribution in [1.82, 2.24) is 0 Å². The Bertz CT molecular complexity index is 315. The third kappa shape index (κ3) is 2.43. The molecule has 0 saturated carbocycles. The van der Waals surface area contributed by atoms with Gasteiger partial charge in [-0.1, -0.05) is 0 Å². The highest BCUT2D eigenvalue weighted by Crippen LogP contribution is 2.22. The number of nitrogens with two attached hydrogens (primary N) is 1. The second kappa shape index (κ2) is 4.39. The summed E-state index contributed by atoms with van der Waals surface area (Å²) in [5, 5.41) is 9.59. The summed E-state index contributed by atoms with van der Waals surface area (Å²) < 4.78 is 17.9. The number of halogens is 1. The van der Waals surface area contributed by atoms with Crippen LogP contribution in [0.5, 0.6) is 5.75 Å². The zero-order valence-corrected chi connectivity index (χ0v) is 8.20. The summed E-state index contributed by atoms with van der Waals surface area (Å²) in [5.74, 6) is -0.0706. The number of hydrogen-bond donors (Lipinski definition) is 2. The summed E-state index contributed by atoms with van der Waals surface area (Å²) >= 11 is 0. The monoisotopic (exact) mass is 199 g/mol. The van der Waals surface area contributed by atoms with Gasteiger partial charge in [-0.2, -0.15) is 0 Å². The lowest BCUT2D eigenvalue weighted by Gasteiger charge is -2.15. The molecular weight excluding hydrogens is 185 g/mol. The summed E-state index contributed by atoms with van der Waals surface area (Å²) in [6.45, 7) is 1.65. The fourth-order valence-electron chi connectivity index (χ4n) is 1.18. The Morgan fingerprint density at radius 1 is 1.43 bits per heavy atom. The molecule has 0 aliphatic heterocycles. The molecule has 1 aromatic carbocycles. The molecule has 0 aliphatic rings. The molecule has 0 aliphatic carbocycles. The van der Waals surface area contributed by atoms with Crippen LogP contribution in [0, 0.1) is 5.82 Å². The van der Waals surface area contributed by atoms with Crippen molar-refractivity contribution >= 4 is 0 Å². The first-order chi connectivity index (χ1) is 6.54. The van der Waals surface area contributed by atoms with E-state index in [1.807, 2.05) is 0 Å². The second-order valence-electron chi connectivity index (χ2n) is 3.23. The molecule has 78 valence electrons. The Morgan fingerprint density at radius 2 is 2.07 bits per heavy atom. The lowest BCUT2D eigenvalue weighted by atomic mass is 10.0. The van der Waals surface area contributed by atoms with Crippen molar-refractivity contribution in [2.45, 2.75) is 19.1 Å². The predicted molar refractivity (Wildman–Crippen MR) is 51.6 cm³/mol. The summed E-state index contributed by atoms with van der Waals surface area (Å²) in [7, 11) is 1.44. The van der Waals surface area contributed by atoms with Gasteiger partial charge in [-0.05, 0) is 24.6 Å². The van der Waals surface area contributed by atoms with Crippen molar-refractivity contribution in [3.05, 3.63) is 29.6 Å². The minimum Gasteiger partial charge on any atom is -0.497 e. The number of methoxy groups -OCH3 is 1. The topological polar surface area (TPSA) is 55.5 Å². The average Bonchev–Trinajstić information content (AvgIpc) is 2.15. The van der Waals surface area contributed by atoms with Gasteiger partial charge in [0.2, 0.25) is 0 Å². The number of aliphatic hydroxyl groups excluding tert-OH is 1. The van der Waals surface area contributed by atoms with E-state index in [4.69, 9.17) is 10.5 Å². The van der Waals surface area contributed by atoms with E-state index in [2.05, 4.69) is 0 Å². The molecule has 0 unspecified atom stereocenters. The van der Waals surface area contributed by atoms with Gasteiger partial charge in [0.25, 0.3) is 0 Å². The van der Waals surface area contributed by atoms with Gasteiger partial charge in [0, 0.05) is 12.1 Å². The highest BCUT2D eigenvalue weighted by atomic mass is 19.1. The normalized spacial score (nSPS) is 14.9. The van der Waals surface area contributed by atoms with Crippen LogP contribution in [0.3, 0.4) is 0 Å². The maximum absolute atomic E-state index is 13.0. The van der Waals surface area contributed by atoms with Crippen LogP contribution in [0.2, 0.25) is 0 Å². The van der Waals surface area contributed by atoms with Crippen LogP contribution in [0.4, 0.5) is 4.39 Å². The molecule has 1 aromatic rings. The Labute approximate surface area is 82.3 Å². The number of benzene rings is 1. The van der Waals surface area contributed by atoms with Gasteiger partial charge in [-0.3, -0.25) is 0 Å². The molecule has 4 heteroatoms. The molecule has 1 rings (SSSR count). The third-order valence-corrected chi connectivity index (χ3v) is 1.97. The van der Waals surface area contributed by atoms with Crippen molar-refractivity contribution < 1.29 is 14.2 Å². The van der Waals surface area contributed by atoms with Crippen molar-refractivity contribution in [3.63, 3.8) is 0 Å². The lowest BCUT2D eigenvalue weighted by Crippen LogP contribution is -2.24. The largest absolute Gasteiger partial charge is 0.497 e. The van der Waals surface area contributed by atoms with Crippen LogP contribution >= 0.6 is 0 Å². The fraction of sp³-hybridized carbons (Fsp3) is 0.400. The molecule has 0 fully saturated rings. The molecule has 0 aromatic heterocycles. The SMILES string of the molecule is COc1cc(F)cc([C@H](O)[C@@H](C)N)c1. The van der Waals surface area contributed by atoms with E-state index in [0.717, 1.165) is 0 Å². The van der Waals surface area contributed by atoms with Gasteiger partial charge < -0.3 is 15.6 Å². The van der Waals surface area contributed by atoms with Crippen LogP contribution in [0.25, 0.3) is 0 Å². The van der Waals surface area contributed by atoms with Crippen LogP contribution < -0.4 is 10.5 Å². The highest BCUT2D eigenvalue weighted by Gasteiger charge is 2.14. The van der Waals surface area contributed by atoms with E-state index in [0.29, 0.717) is 11.3 Å². The van der Waals surface area contributed by atoms with Crippen LogP contribution in [0.15, 0.2) is 18.2 Å². The summed E-state index contributed by atoms with van der Waals surface area (Å²) in [5.41, 5.74) is 5.92. The first-order valence-electron chi connectivity index (χ1n) is 4.32. The molecule has 3 nitrogen and oxygen atoms in total. The zero-order valence-electron chi connectivity index (χ0n) is 8.20. The number of hydrogen-bond acceptors (Lipinski definition) is 3. The number of aliphatic hydroxyl groups is 1. The minimum atomic E-state index is -0.875. The molecule has 0 spiro atoms. The van der Waals surface area contributed by atoms with E-state index >= 15 is 0 Å². The van der Waals surface area contributed by atoms with Crippen LogP contribution in [0.1, 0.15) is 18.6 Å². The second-order valence-corrected chi connectivity index (χ2v) is 3.23. The van der Waals surface area contributed by atoms with Gasteiger partial charge in [-0.15, -0.1) is 0 Å². The Morgan fingerprint density at radius 3 is 2.57 bits per heavy atom. The maximum atomic E-state index is 13.0. The van der Waals surface area contributed by atoms with E-state index in [1.54, 1.807) is 13.0 Å². The maximum Gasteiger partial charge on any atom is 0.127 e. The zero-order chi connectivity index (χ0) is 10.7. The van der Waals surface area contributed by atoms with Gasteiger partial charge in [0.05, 0.1) is 13.2 Å². The third-order valence-electron chi connectivity index (χ3n) is 1.97. The van der Waals surface area contributed by atoms with Crippen LogP contribution in [-0.4, -0.2) is 18.3 Å². The Balaban J connectivity index is 3.02. The molecule has 0 radical (unpaired) electrons. The quantitative estimate of drug-likeness (QED) is 0.769. The van der Waals surface area contributed by atoms with E-state index in [9.17, 15) is 9.50 Å². The van der Waals surface area contributed by atoms with Crippen LogP contribution in [-0.2, 0) is 0 Å². The smallest absolute Gasteiger partial charge is 0.127 e. The molecule has 0 bridgehead atoms.